The minimum atomic E-state index is -4.11. The summed E-state index contributed by atoms with van der Waals surface area (Å²) in [5.74, 6) is -0.662. The van der Waals surface area contributed by atoms with Gasteiger partial charge in [0.2, 0.25) is 45.2 Å². The molecule has 0 spiro atoms. The number of sulfonamides is 4. The van der Waals surface area contributed by atoms with Gasteiger partial charge in [-0.2, -0.15) is 15.0 Å². The number of aliphatic carboxylic acids is 1. The highest BCUT2D eigenvalue weighted by Gasteiger charge is 2.33. The molecule has 26 nitrogen and oxygen atoms in total. The molecule has 0 amide bonds. The van der Waals surface area contributed by atoms with Gasteiger partial charge in [-0.25, -0.2) is 67.5 Å². The first-order valence-electron chi connectivity index (χ1n) is 35.7. The number of nitrogens with one attached hydrogen (secondary N) is 5. The van der Waals surface area contributed by atoms with E-state index in [0.717, 1.165) is 54.8 Å². The molecule has 0 bridgehead atoms. The van der Waals surface area contributed by atoms with Crippen molar-refractivity contribution in [3.63, 3.8) is 0 Å². The number of benzene rings is 4. The number of fused-ring (bicyclic) bond motifs is 2. The van der Waals surface area contributed by atoms with Crippen LogP contribution < -0.4 is 29.1 Å². The van der Waals surface area contributed by atoms with Crippen molar-refractivity contribution in [2.24, 2.45) is 21.1 Å². The Labute approximate surface area is 640 Å². The standard InChI is InChI=1S/C60H76N14O8S6.C9H16O2.C6H12O2/c1-13-17-27-62-85(75,76)42-21-23-45-49(33-42)83-58(67-45)73(53-39(7)32-40(8)54(41(53)9)88(81,82)65-30-20-16-4)52-26-25-47(56(69-52)66-48-35-51(38(6)31-37(48)5)87(79,80)64-29-19-15-3)70-71-57-44(36-61)55(60(10,11)12)72-74(57)59-68-46-24-22-43(34-50(46)84-59)86(77,78)63-28-18-14-2;1-5-7-11-8(10)9(3,4)6-2;1-4-6(2,3)5(7)8/h21-26,31-35,62-65H,13-20,27-30H2,1-12H3,(H,66,69);5H,1,6-7H2,2-4H3;4H2,1-3H3,(H,7,8). The highest BCUT2D eigenvalue weighted by atomic mass is 32.2. The van der Waals surface area contributed by atoms with Gasteiger partial charge in [0.1, 0.15) is 29.7 Å². The second-order valence-electron chi connectivity index (χ2n) is 28.2. The smallest absolute Gasteiger partial charge is 0.311 e. The quantitative estimate of drug-likeness (QED) is 0.00944. The van der Waals surface area contributed by atoms with Crippen LogP contribution in [0, 0.1) is 56.8 Å². The summed E-state index contributed by atoms with van der Waals surface area (Å²) in [6.45, 7) is 38.1. The van der Waals surface area contributed by atoms with Crippen LogP contribution in [0.5, 0.6) is 0 Å². The molecule has 0 atom stereocenters. The van der Waals surface area contributed by atoms with Gasteiger partial charge < -0.3 is 15.2 Å². The maximum Gasteiger partial charge on any atom is 0.311 e. The van der Waals surface area contributed by atoms with Crippen LogP contribution in [-0.4, -0.2) is 108 Å². The lowest BCUT2D eigenvalue weighted by Crippen LogP contribution is -2.27. The first-order valence-corrected chi connectivity index (χ1v) is 43.3. The summed E-state index contributed by atoms with van der Waals surface area (Å²) in [5.41, 5.74) is 3.27. The lowest BCUT2D eigenvalue weighted by Gasteiger charge is -2.28. The van der Waals surface area contributed by atoms with E-state index in [0.29, 0.717) is 104 Å². The Morgan fingerprint density at radius 2 is 1.15 bits per heavy atom. The number of thiazole rings is 2. The van der Waals surface area contributed by atoms with Crippen LogP contribution in [0.4, 0.5) is 39.6 Å². The zero-order valence-electron chi connectivity index (χ0n) is 64.7. The van der Waals surface area contributed by atoms with E-state index in [1.54, 1.807) is 88.1 Å². The molecule has 0 saturated carbocycles. The number of anilines is 5. The zero-order chi connectivity index (χ0) is 79.8. The van der Waals surface area contributed by atoms with Gasteiger partial charge in [-0.15, -0.1) is 10.2 Å². The summed E-state index contributed by atoms with van der Waals surface area (Å²) in [6, 6.07) is 19.9. The average Bonchev–Trinajstić information content (AvgIpc) is 1.75. The normalized spacial score (nSPS) is 12.4. The first-order chi connectivity index (χ1) is 50.1. The Morgan fingerprint density at radius 1 is 0.636 bits per heavy atom. The number of hydrogen-bond acceptors (Lipinski definition) is 22. The van der Waals surface area contributed by atoms with Gasteiger partial charge in [-0.1, -0.05) is 135 Å². The maximum absolute atomic E-state index is 14.4. The van der Waals surface area contributed by atoms with Crippen LogP contribution in [0.1, 0.15) is 193 Å². The number of pyridine rings is 1. The Bertz CT molecular complexity index is 5070. The van der Waals surface area contributed by atoms with Gasteiger partial charge in [-0.3, -0.25) is 14.5 Å². The monoisotopic (exact) mass is 1580 g/mol. The van der Waals surface area contributed by atoms with Crippen molar-refractivity contribution in [3.05, 3.63) is 118 Å². The lowest BCUT2D eigenvalue weighted by molar-refractivity contribution is -0.152. The van der Waals surface area contributed by atoms with E-state index in [1.807, 2.05) is 90.0 Å². The summed E-state index contributed by atoms with van der Waals surface area (Å²) >= 11 is 2.31. The molecular formula is C75H104N14O12S6. The number of hydrogen-bond donors (Lipinski definition) is 6. The number of carboxylic acids is 1. The van der Waals surface area contributed by atoms with Crippen molar-refractivity contribution in [3.8, 4) is 11.2 Å². The van der Waals surface area contributed by atoms with Crippen LogP contribution >= 0.6 is 22.7 Å². The highest BCUT2D eigenvalue weighted by molar-refractivity contribution is 7.90. The van der Waals surface area contributed by atoms with Crippen molar-refractivity contribution in [1.82, 2.24) is 43.6 Å². The van der Waals surface area contributed by atoms with E-state index >= 15 is 0 Å². The summed E-state index contributed by atoms with van der Waals surface area (Å²) in [5, 5.41) is 37.8. The van der Waals surface area contributed by atoms with Crippen molar-refractivity contribution >= 4 is 135 Å². The minimum absolute atomic E-state index is 0.00104. The molecule has 0 fully saturated rings. The van der Waals surface area contributed by atoms with Crippen molar-refractivity contribution in [2.75, 3.05) is 43.0 Å². The summed E-state index contributed by atoms with van der Waals surface area (Å²) < 4.78 is 129. The number of aryl methyl sites for hydroxylation is 4. The molecule has 4 aromatic heterocycles. The molecule has 107 heavy (non-hydrogen) atoms. The number of nitrogens with zero attached hydrogens (tertiary/aromatic N) is 9. The predicted molar refractivity (Wildman–Crippen MR) is 427 cm³/mol. The molecule has 8 rings (SSSR count). The van der Waals surface area contributed by atoms with E-state index < -0.39 is 56.9 Å². The molecule has 6 N–H and O–H groups in total. The molecule has 0 radical (unpaired) electrons. The average molecular weight is 1590 g/mol. The number of esters is 1. The van der Waals surface area contributed by atoms with Crippen LogP contribution in [-0.2, 0) is 59.8 Å². The van der Waals surface area contributed by atoms with Gasteiger partial charge >= 0.3 is 11.9 Å². The van der Waals surface area contributed by atoms with Gasteiger partial charge in [0.25, 0.3) is 0 Å². The molecule has 4 heterocycles. The lowest BCUT2D eigenvalue weighted by atomic mass is 9.90. The Balaban J connectivity index is 0.000000828. The maximum atomic E-state index is 14.4. The van der Waals surface area contributed by atoms with Gasteiger partial charge in [0, 0.05) is 37.3 Å². The van der Waals surface area contributed by atoms with Crippen molar-refractivity contribution in [1.29, 1.82) is 5.26 Å². The second kappa shape index (κ2) is 37.4. The SMILES string of the molecule is C=CCOC(=O)C(C)(C)CC.CCC(C)(C)C(=O)O.CCCCNS(=O)(=O)c1ccc2nc(N(c3ccc(N=Nc4c(C#N)c(C(C)(C)C)nn4-c4nc5ccc(S(=O)(=O)NCCCC)cc5s4)c(Nc4cc(S(=O)(=O)NCCCC)c(C)cc4C)n3)c3c(C)cc(C)c(S(=O)(=O)NCCCC)c3C)sc2c1. The largest absolute Gasteiger partial charge is 0.481 e. The van der Waals surface area contributed by atoms with Gasteiger partial charge in [0.15, 0.2) is 16.8 Å². The Hall–Kier alpha value is -7.97. The molecule has 0 aliphatic heterocycles. The molecule has 4 aromatic carbocycles. The van der Waals surface area contributed by atoms with Crippen LogP contribution in [0.15, 0.2) is 109 Å². The fraction of sp³-hybridized carbons (Fsp3) is 0.480. The number of carbonyl (C=O) groups is 2. The molecular weight excluding hydrogens is 1480 g/mol. The highest BCUT2D eigenvalue weighted by Crippen LogP contribution is 2.47. The molecule has 582 valence electrons. The number of carbonyl (C=O) groups excluding carboxylic acids is 1. The van der Waals surface area contributed by atoms with Gasteiger partial charge in [0.05, 0.1) is 62.2 Å². The molecule has 0 aliphatic rings. The van der Waals surface area contributed by atoms with E-state index in [-0.39, 0.29) is 96.1 Å². The van der Waals surface area contributed by atoms with Crippen LogP contribution in [0.3, 0.4) is 0 Å². The van der Waals surface area contributed by atoms with Gasteiger partial charge in [-0.05, 0) is 183 Å². The number of ether oxygens (including phenoxy) is 1. The number of aromatic nitrogens is 5. The number of unbranched alkanes of at least 4 members (excludes halogenated alkanes) is 4. The molecule has 0 saturated heterocycles. The molecule has 0 unspecified atom stereocenters. The zero-order valence-corrected chi connectivity index (χ0v) is 69.6. The number of nitriles is 1. The second-order valence-corrected chi connectivity index (χ2v) is 37.2. The van der Waals surface area contributed by atoms with E-state index in [9.17, 15) is 48.5 Å². The van der Waals surface area contributed by atoms with E-state index in [2.05, 4.69) is 36.9 Å². The van der Waals surface area contributed by atoms with Crippen molar-refractivity contribution < 1.29 is 53.1 Å². The number of rotatable bonds is 34. The Morgan fingerprint density at radius 3 is 1.64 bits per heavy atom. The van der Waals surface area contributed by atoms with E-state index in [1.165, 1.54) is 28.9 Å². The first kappa shape index (κ1) is 87.9. The van der Waals surface area contributed by atoms with Crippen LogP contribution in [0.25, 0.3) is 25.6 Å². The van der Waals surface area contributed by atoms with E-state index in [4.69, 9.17) is 40.1 Å². The topological polar surface area (TPSA) is 369 Å². The third-order valence-electron chi connectivity index (χ3n) is 17.7. The number of carboxylic acid groups (broad SMARTS) is 1. The minimum Gasteiger partial charge on any atom is -0.481 e. The Kier molecular flexibility index (Phi) is 30.8. The van der Waals surface area contributed by atoms with Crippen molar-refractivity contribution in [2.45, 2.75) is 214 Å². The molecule has 8 aromatic rings. The molecule has 32 heteroatoms. The third-order valence-corrected chi connectivity index (χ3v) is 25.9. The fourth-order valence-corrected chi connectivity index (χ4v) is 17.7. The number of azo groups is 1. The summed E-state index contributed by atoms with van der Waals surface area (Å²) in [4.78, 5) is 38.5. The molecule has 0 aliphatic carbocycles. The van der Waals surface area contributed by atoms with Crippen LogP contribution in [0.2, 0.25) is 0 Å². The summed E-state index contributed by atoms with van der Waals surface area (Å²) in [6.07, 6.45) is 8.72. The third kappa shape index (κ3) is 22.1. The fourth-order valence-electron chi connectivity index (χ4n) is 10.5. The summed E-state index contributed by atoms with van der Waals surface area (Å²) in [7, 11) is -15.9. The predicted octanol–water partition coefficient (Wildman–Crippen LogP) is 16.8.